The Labute approximate surface area is 149 Å². The second-order valence-corrected chi connectivity index (χ2v) is 8.35. The molecule has 0 aromatic heterocycles. The van der Waals surface area contributed by atoms with Crippen LogP contribution in [0.3, 0.4) is 0 Å². The molecule has 2 saturated heterocycles. The maximum atomic E-state index is 13.1. The zero-order valence-corrected chi connectivity index (χ0v) is 14.5. The third-order valence-electron chi connectivity index (χ3n) is 4.62. The van der Waals surface area contributed by atoms with E-state index in [-0.39, 0.29) is 18.1 Å². The van der Waals surface area contributed by atoms with Gasteiger partial charge in [0.15, 0.2) is 9.84 Å². The standard InChI is InChI=1S/C16H16N4O5S/c1-2-16(9-26(23,24)10-16)13(18-19-17)14(21)20-12(8-25-15(20)22)11-6-4-3-5-7-11/h2-7,12-13H,1,8-10H2/t12-,13?/m1/s1. The summed E-state index contributed by atoms with van der Waals surface area (Å²) in [7, 11) is -3.34. The molecule has 3 rings (SSSR count). The maximum absolute atomic E-state index is 13.1. The van der Waals surface area contributed by atoms with Gasteiger partial charge in [-0.2, -0.15) is 0 Å². The summed E-state index contributed by atoms with van der Waals surface area (Å²) >= 11 is 0. The molecule has 1 unspecified atom stereocenters. The lowest BCUT2D eigenvalue weighted by atomic mass is 9.82. The third kappa shape index (κ3) is 2.93. The number of rotatable bonds is 5. The Morgan fingerprint density at radius 2 is 2.08 bits per heavy atom. The highest BCUT2D eigenvalue weighted by Gasteiger charge is 2.56. The predicted octanol–water partition coefficient (Wildman–Crippen LogP) is 1.99. The number of hydrogen-bond donors (Lipinski definition) is 0. The average Bonchev–Trinajstić information content (AvgIpc) is 2.99. The molecule has 0 radical (unpaired) electrons. The Hall–Kier alpha value is -2.84. The van der Waals surface area contributed by atoms with Gasteiger partial charge in [-0.1, -0.05) is 41.5 Å². The van der Waals surface area contributed by atoms with Crippen molar-refractivity contribution in [2.75, 3.05) is 18.1 Å². The summed E-state index contributed by atoms with van der Waals surface area (Å²) in [6.07, 6.45) is 0.452. The predicted molar refractivity (Wildman–Crippen MR) is 91.6 cm³/mol. The second-order valence-electron chi connectivity index (χ2n) is 6.29. The Bertz CT molecular complexity index is 896. The largest absolute Gasteiger partial charge is 0.446 e. The lowest BCUT2D eigenvalue weighted by Gasteiger charge is -2.42. The van der Waals surface area contributed by atoms with E-state index in [9.17, 15) is 18.0 Å². The molecule has 0 aliphatic carbocycles. The van der Waals surface area contributed by atoms with Gasteiger partial charge in [0.1, 0.15) is 18.7 Å². The Kier molecular flexibility index (Phi) is 4.47. The minimum Gasteiger partial charge on any atom is -0.446 e. The SMILES string of the molecule is C=CC1(C(N=[N+]=[N-])C(=O)N2C(=O)OC[C@@H]2c2ccccc2)CS(=O)(=O)C1. The molecule has 0 N–H and O–H groups in total. The molecule has 1 aromatic rings. The van der Waals surface area contributed by atoms with Crippen LogP contribution in [0.5, 0.6) is 0 Å². The summed E-state index contributed by atoms with van der Waals surface area (Å²) in [5.74, 6) is -1.52. The number of benzene rings is 1. The van der Waals surface area contributed by atoms with Crippen LogP contribution >= 0.6 is 0 Å². The molecule has 2 aliphatic heterocycles. The molecule has 2 fully saturated rings. The summed E-state index contributed by atoms with van der Waals surface area (Å²) in [4.78, 5) is 28.8. The zero-order chi connectivity index (χ0) is 18.9. The molecule has 0 bridgehead atoms. The van der Waals surface area contributed by atoms with Crippen LogP contribution in [0.25, 0.3) is 10.4 Å². The second kappa shape index (κ2) is 6.47. The van der Waals surface area contributed by atoms with Crippen LogP contribution in [0, 0.1) is 5.41 Å². The van der Waals surface area contributed by atoms with Crippen molar-refractivity contribution >= 4 is 21.8 Å². The van der Waals surface area contributed by atoms with Crippen LogP contribution in [-0.2, 0) is 19.4 Å². The highest BCUT2D eigenvalue weighted by atomic mass is 32.2. The number of ether oxygens (including phenoxy) is 1. The number of nitrogens with zero attached hydrogens (tertiary/aromatic N) is 4. The fourth-order valence-corrected chi connectivity index (χ4v) is 5.45. The van der Waals surface area contributed by atoms with E-state index in [0.717, 1.165) is 4.90 Å². The summed E-state index contributed by atoms with van der Waals surface area (Å²) < 4.78 is 28.3. The molecule has 136 valence electrons. The van der Waals surface area contributed by atoms with Gasteiger partial charge in [0.2, 0.25) is 5.91 Å². The molecule has 26 heavy (non-hydrogen) atoms. The molecule has 0 saturated carbocycles. The van der Waals surface area contributed by atoms with E-state index in [1.807, 2.05) is 0 Å². The molecule has 2 amide bonds. The summed E-state index contributed by atoms with van der Waals surface area (Å²) in [5.41, 5.74) is 8.32. The molecule has 2 heterocycles. The smallest absolute Gasteiger partial charge is 0.417 e. The number of azide groups is 1. The molecule has 2 atom stereocenters. The zero-order valence-electron chi connectivity index (χ0n) is 13.7. The van der Waals surface area contributed by atoms with Gasteiger partial charge in [-0.05, 0) is 11.1 Å². The van der Waals surface area contributed by atoms with Gasteiger partial charge < -0.3 is 4.74 Å². The van der Waals surface area contributed by atoms with E-state index in [0.29, 0.717) is 5.56 Å². The van der Waals surface area contributed by atoms with Crippen molar-refractivity contribution in [2.45, 2.75) is 12.1 Å². The number of amides is 2. The van der Waals surface area contributed by atoms with Crippen LogP contribution < -0.4 is 0 Å². The Morgan fingerprint density at radius 1 is 1.42 bits per heavy atom. The third-order valence-corrected chi connectivity index (χ3v) is 6.58. The average molecular weight is 376 g/mol. The first-order valence-corrected chi connectivity index (χ1v) is 9.59. The minimum absolute atomic E-state index is 0.0308. The summed E-state index contributed by atoms with van der Waals surface area (Å²) in [5, 5.41) is 3.51. The summed E-state index contributed by atoms with van der Waals surface area (Å²) in [6.45, 7) is 3.56. The normalized spacial score (nSPS) is 23.9. The monoisotopic (exact) mass is 376 g/mol. The highest BCUT2D eigenvalue weighted by Crippen LogP contribution is 2.41. The Balaban J connectivity index is 1.97. The van der Waals surface area contributed by atoms with Gasteiger partial charge in [-0.15, -0.1) is 6.58 Å². The van der Waals surface area contributed by atoms with Gasteiger partial charge in [0.25, 0.3) is 0 Å². The van der Waals surface area contributed by atoms with Crippen molar-refractivity contribution in [3.63, 3.8) is 0 Å². The van der Waals surface area contributed by atoms with Crippen molar-refractivity contribution in [1.29, 1.82) is 0 Å². The first-order valence-electron chi connectivity index (χ1n) is 7.76. The van der Waals surface area contributed by atoms with E-state index in [4.69, 9.17) is 10.3 Å². The van der Waals surface area contributed by atoms with E-state index >= 15 is 0 Å². The van der Waals surface area contributed by atoms with Gasteiger partial charge in [-0.3, -0.25) is 4.79 Å². The van der Waals surface area contributed by atoms with Crippen LogP contribution in [0.15, 0.2) is 48.1 Å². The van der Waals surface area contributed by atoms with Gasteiger partial charge in [0, 0.05) is 10.3 Å². The number of hydrogen-bond acceptors (Lipinski definition) is 6. The van der Waals surface area contributed by atoms with E-state index in [2.05, 4.69) is 16.6 Å². The summed E-state index contributed by atoms with van der Waals surface area (Å²) in [6, 6.07) is 6.72. The minimum atomic E-state index is -3.34. The van der Waals surface area contributed by atoms with Crippen molar-refractivity contribution in [3.8, 4) is 0 Å². The first kappa shape index (κ1) is 18.0. The van der Waals surface area contributed by atoms with E-state index in [1.54, 1.807) is 30.3 Å². The van der Waals surface area contributed by atoms with Crippen molar-refractivity contribution in [2.24, 2.45) is 10.5 Å². The first-order chi connectivity index (χ1) is 12.3. The van der Waals surface area contributed by atoms with Crippen molar-refractivity contribution in [1.82, 2.24) is 4.90 Å². The number of cyclic esters (lactones) is 1. The molecule has 10 heteroatoms. The molecule has 2 aliphatic rings. The van der Waals surface area contributed by atoms with Gasteiger partial charge in [0.05, 0.1) is 11.5 Å². The number of carbonyl (C=O) groups is 2. The lowest BCUT2D eigenvalue weighted by Crippen LogP contribution is -2.59. The maximum Gasteiger partial charge on any atom is 0.417 e. The van der Waals surface area contributed by atoms with Crippen LogP contribution in [0.2, 0.25) is 0 Å². The molecule has 9 nitrogen and oxygen atoms in total. The van der Waals surface area contributed by atoms with Crippen LogP contribution in [0.4, 0.5) is 4.79 Å². The quantitative estimate of drug-likeness (QED) is 0.336. The van der Waals surface area contributed by atoms with Crippen LogP contribution in [-0.4, -0.2) is 49.5 Å². The van der Waals surface area contributed by atoms with Gasteiger partial charge in [-0.25, -0.2) is 18.1 Å². The fraction of sp³-hybridized carbons (Fsp3) is 0.375. The van der Waals surface area contributed by atoms with Gasteiger partial charge >= 0.3 is 6.09 Å². The van der Waals surface area contributed by atoms with Crippen molar-refractivity contribution in [3.05, 3.63) is 59.0 Å². The van der Waals surface area contributed by atoms with Crippen LogP contribution in [0.1, 0.15) is 11.6 Å². The molecular weight excluding hydrogens is 360 g/mol. The molecule has 1 aromatic carbocycles. The highest BCUT2D eigenvalue weighted by molar-refractivity contribution is 7.92. The van der Waals surface area contributed by atoms with E-state index < -0.39 is 39.3 Å². The van der Waals surface area contributed by atoms with E-state index in [1.165, 1.54) is 6.08 Å². The number of carbonyl (C=O) groups excluding carboxylic acids is 2. The number of sulfone groups is 1. The lowest BCUT2D eigenvalue weighted by molar-refractivity contribution is -0.132. The number of imide groups is 1. The molecular formula is C16H16N4O5S. The fourth-order valence-electron chi connectivity index (χ4n) is 3.34. The topological polar surface area (TPSA) is 130 Å². The molecule has 0 spiro atoms. The Morgan fingerprint density at radius 3 is 2.62 bits per heavy atom. The van der Waals surface area contributed by atoms with Crippen molar-refractivity contribution < 1.29 is 22.7 Å².